The number of rotatable bonds is 5. The summed E-state index contributed by atoms with van der Waals surface area (Å²) in [6.45, 7) is 8.15. The molecule has 0 saturated carbocycles. The average molecular weight is 271 g/mol. The predicted octanol–water partition coefficient (Wildman–Crippen LogP) is 3.61. The first-order valence-corrected chi connectivity index (χ1v) is 6.89. The van der Waals surface area contributed by atoms with Gasteiger partial charge in [0.2, 0.25) is 5.88 Å². The molecule has 0 aliphatic heterocycles. The maximum atomic E-state index is 5.92. The highest BCUT2D eigenvalue weighted by Crippen LogP contribution is 2.28. The first kappa shape index (κ1) is 14.2. The van der Waals surface area contributed by atoms with Crippen molar-refractivity contribution in [1.29, 1.82) is 0 Å². The summed E-state index contributed by atoms with van der Waals surface area (Å²) in [4.78, 5) is 6.49. The van der Waals surface area contributed by atoms with Gasteiger partial charge in [-0.05, 0) is 44.5 Å². The van der Waals surface area contributed by atoms with Crippen LogP contribution in [0.4, 0.5) is 11.4 Å². The molecule has 2 aromatic rings. The van der Waals surface area contributed by atoms with Crippen molar-refractivity contribution in [3.8, 4) is 11.6 Å². The molecule has 1 heterocycles. The molecule has 0 amide bonds. The van der Waals surface area contributed by atoms with Crippen molar-refractivity contribution in [3.05, 3.63) is 42.1 Å². The number of aryl methyl sites for hydroxylation is 1. The van der Waals surface area contributed by atoms with Crippen LogP contribution >= 0.6 is 0 Å². The van der Waals surface area contributed by atoms with Crippen LogP contribution in [0.2, 0.25) is 0 Å². The van der Waals surface area contributed by atoms with Crippen molar-refractivity contribution < 1.29 is 4.74 Å². The SMILES string of the molecule is CCN(CC)c1cccc(Oc2ncc(C)cc2N)c1. The van der Waals surface area contributed by atoms with Gasteiger partial charge >= 0.3 is 0 Å². The highest BCUT2D eigenvalue weighted by Gasteiger charge is 2.07. The number of nitrogen functional groups attached to an aromatic ring is 1. The summed E-state index contributed by atoms with van der Waals surface area (Å²) in [6, 6.07) is 9.83. The van der Waals surface area contributed by atoms with Crippen LogP contribution in [-0.2, 0) is 0 Å². The summed E-state index contributed by atoms with van der Waals surface area (Å²) >= 11 is 0. The van der Waals surface area contributed by atoms with Crippen LogP contribution in [0, 0.1) is 6.92 Å². The van der Waals surface area contributed by atoms with Gasteiger partial charge in [0.05, 0.1) is 5.69 Å². The second-order valence-electron chi connectivity index (χ2n) is 4.68. The first-order chi connectivity index (χ1) is 9.63. The fourth-order valence-electron chi connectivity index (χ4n) is 2.11. The Hall–Kier alpha value is -2.23. The largest absolute Gasteiger partial charge is 0.437 e. The molecule has 4 nitrogen and oxygen atoms in total. The number of aromatic nitrogens is 1. The Balaban J connectivity index is 2.23. The van der Waals surface area contributed by atoms with Gasteiger partial charge in [-0.15, -0.1) is 0 Å². The average Bonchev–Trinajstić information content (AvgIpc) is 2.44. The lowest BCUT2D eigenvalue weighted by Crippen LogP contribution is -2.21. The highest BCUT2D eigenvalue weighted by molar-refractivity contribution is 5.54. The molecule has 0 saturated heterocycles. The number of ether oxygens (including phenoxy) is 1. The van der Waals surface area contributed by atoms with Gasteiger partial charge in [0, 0.05) is 31.0 Å². The molecule has 0 fully saturated rings. The molecule has 0 spiro atoms. The van der Waals surface area contributed by atoms with Crippen LogP contribution in [-0.4, -0.2) is 18.1 Å². The quantitative estimate of drug-likeness (QED) is 0.902. The Morgan fingerprint density at radius 1 is 1.20 bits per heavy atom. The number of anilines is 2. The van der Waals surface area contributed by atoms with Gasteiger partial charge in [0.1, 0.15) is 5.75 Å². The molecule has 0 aliphatic rings. The van der Waals surface area contributed by atoms with E-state index in [0.717, 1.165) is 30.1 Å². The molecule has 0 aliphatic carbocycles. The van der Waals surface area contributed by atoms with E-state index in [-0.39, 0.29) is 0 Å². The van der Waals surface area contributed by atoms with Crippen molar-refractivity contribution >= 4 is 11.4 Å². The summed E-state index contributed by atoms with van der Waals surface area (Å²) in [6.07, 6.45) is 1.75. The van der Waals surface area contributed by atoms with Gasteiger partial charge in [-0.25, -0.2) is 4.98 Å². The predicted molar refractivity (Wildman–Crippen MR) is 83.5 cm³/mol. The normalized spacial score (nSPS) is 10.3. The lowest BCUT2D eigenvalue weighted by atomic mass is 10.2. The van der Waals surface area contributed by atoms with Gasteiger partial charge in [0.15, 0.2) is 0 Å². The van der Waals surface area contributed by atoms with E-state index in [4.69, 9.17) is 10.5 Å². The maximum absolute atomic E-state index is 5.92. The molecule has 2 N–H and O–H groups in total. The molecule has 106 valence electrons. The van der Waals surface area contributed by atoms with Crippen molar-refractivity contribution in [2.24, 2.45) is 0 Å². The van der Waals surface area contributed by atoms with Crippen molar-refractivity contribution in [2.75, 3.05) is 23.7 Å². The summed E-state index contributed by atoms with van der Waals surface area (Å²) < 4.78 is 5.78. The van der Waals surface area contributed by atoms with Crippen LogP contribution in [0.3, 0.4) is 0 Å². The summed E-state index contributed by atoms with van der Waals surface area (Å²) in [5.41, 5.74) is 8.63. The van der Waals surface area contributed by atoms with E-state index in [9.17, 15) is 0 Å². The van der Waals surface area contributed by atoms with Gasteiger partial charge in [0.25, 0.3) is 0 Å². The van der Waals surface area contributed by atoms with Crippen LogP contribution in [0.15, 0.2) is 36.5 Å². The number of hydrogen-bond donors (Lipinski definition) is 1. The first-order valence-electron chi connectivity index (χ1n) is 6.89. The Kier molecular flexibility index (Phi) is 4.45. The lowest BCUT2D eigenvalue weighted by molar-refractivity contribution is 0.465. The zero-order valence-corrected chi connectivity index (χ0v) is 12.3. The molecule has 2 rings (SSSR count). The molecule has 1 aromatic carbocycles. The second-order valence-corrected chi connectivity index (χ2v) is 4.68. The van der Waals surface area contributed by atoms with Crippen molar-refractivity contribution in [1.82, 2.24) is 4.98 Å². The Labute approximate surface area is 120 Å². The van der Waals surface area contributed by atoms with Gasteiger partial charge < -0.3 is 15.4 Å². The Morgan fingerprint density at radius 3 is 2.60 bits per heavy atom. The summed E-state index contributed by atoms with van der Waals surface area (Å²) in [5, 5.41) is 0. The number of hydrogen-bond acceptors (Lipinski definition) is 4. The van der Waals surface area contributed by atoms with E-state index >= 15 is 0 Å². The second kappa shape index (κ2) is 6.28. The van der Waals surface area contributed by atoms with Crippen molar-refractivity contribution in [3.63, 3.8) is 0 Å². The minimum absolute atomic E-state index is 0.451. The van der Waals surface area contributed by atoms with E-state index < -0.39 is 0 Å². The van der Waals surface area contributed by atoms with Gasteiger partial charge in [-0.1, -0.05) is 6.07 Å². The van der Waals surface area contributed by atoms with Gasteiger partial charge in [-0.2, -0.15) is 0 Å². The van der Waals surface area contributed by atoms with E-state index in [2.05, 4.69) is 29.8 Å². The van der Waals surface area contributed by atoms with Crippen LogP contribution in [0.1, 0.15) is 19.4 Å². The van der Waals surface area contributed by atoms with Crippen molar-refractivity contribution in [2.45, 2.75) is 20.8 Å². The Morgan fingerprint density at radius 2 is 1.95 bits per heavy atom. The molecule has 1 aromatic heterocycles. The Bertz CT molecular complexity index is 580. The molecule has 4 heteroatoms. The van der Waals surface area contributed by atoms with E-state index in [1.807, 2.05) is 31.2 Å². The fourth-order valence-corrected chi connectivity index (χ4v) is 2.11. The monoisotopic (exact) mass is 271 g/mol. The minimum atomic E-state index is 0.451. The molecular weight excluding hydrogens is 250 g/mol. The topological polar surface area (TPSA) is 51.4 Å². The number of pyridine rings is 1. The minimum Gasteiger partial charge on any atom is -0.437 e. The third-order valence-electron chi connectivity index (χ3n) is 3.18. The highest BCUT2D eigenvalue weighted by atomic mass is 16.5. The van der Waals surface area contributed by atoms with Crippen LogP contribution in [0.5, 0.6) is 11.6 Å². The number of nitrogens with zero attached hydrogens (tertiary/aromatic N) is 2. The zero-order chi connectivity index (χ0) is 14.5. The molecular formula is C16H21N3O. The molecule has 20 heavy (non-hydrogen) atoms. The molecule has 0 unspecified atom stereocenters. The number of nitrogens with two attached hydrogens (primary N) is 1. The van der Waals surface area contributed by atoms with Gasteiger partial charge in [-0.3, -0.25) is 0 Å². The van der Waals surface area contributed by atoms with E-state index in [0.29, 0.717) is 11.6 Å². The molecule has 0 radical (unpaired) electrons. The third-order valence-corrected chi connectivity index (χ3v) is 3.18. The fraction of sp³-hybridized carbons (Fsp3) is 0.312. The van der Waals surface area contributed by atoms with E-state index in [1.54, 1.807) is 6.20 Å². The standard InChI is InChI=1S/C16H21N3O/c1-4-19(5-2)13-7-6-8-14(10-13)20-16-15(17)9-12(3)11-18-16/h6-11H,4-5,17H2,1-3H3. The van der Waals surface area contributed by atoms with Crippen LogP contribution in [0.25, 0.3) is 0 Å². The zero-order valence-electron chi connectivity index (χ0n) is 12.3. The molecule has 0 atom stereocenters. The number of benzene rings is 1. The maximum Gasteiger partial charge on any atom is 0.242 e. The lowest BCUT2D eigenvalue weighted by Gasteiger charge is -2.21. The molecule has 0 bridgehead atoms. The third kappa shape index (κ3) is 3.20. The van der Waals surface area contributed by atoms with E-state index in [1.165, 1.54) is 0 Å². The van der Waals surface area contributed by atoms with Crippen LogP contribution < -0.4 is 15.4 Å². The summed E-state index contributed by atoms with van der Waals surface area (Å²) in [5.74, 6) is 1.20. The smallest absolute Gasteiger partial charge is 0.242 e. The summed E-state index contributed by atoms with van der Waals surface area (Å²) in [7, 11) is 0.